The zero-order chi connectivity index (χ0) is 15.7. The number of aromatic hydroxyl groups is 1. The molecule has 1 N–H and O–H groups in total. The van der Waals surface area contributed by atoms with Gasteiger partial charge < -0.3 is 5.11 Å². The lowest BCUT2D eigenvalue weighted by molar-refractivity contribution is 0.443. The third-order valence-electron chi connectivity index (χ3n) is 4.23. The summed E-state index contributed by atoms with van der Waals surface area (Å²) < 4.78 is 1.56. The second-order valence-electron chi connectivity index (χ2n) is 6.17. The average molecular weight is 298 g/mol. The van der Waals surface area contributed by atoms with Crippen molar-refractivity contribution in [1.82, 2.24) is 9.78 Å². The summed E-state index contributed by atoms with van der Waals surface area (Å²) in [6.45, 7) is 4.67. The zero-order valence-corrected chi connectivity index (χ0v) is 13.2. The second-order valence-corrected chi connectivity index (χ2v) is 6.17. The number of nitrogens with zero attached hydrogens (tertiary/aromatic N) is 2. The van der Waals surface area contributed by atoms with Crippen molar-refractivity contribution >= 4 is 0 Å². The van der Waals surface area contributed by atoms with Gasteiger partial charge in [0.25, 0.3) is 5.56 Å². The fourth-order valence-corrected chi connectivity index (χ4v) is 2.78. The quantitative estimate of drug-likeness (QED) is 0.921. The van der Waals surface area contributed by atoms with Gasteiger partial charge in [0.1, 0.15) is 5.69 Å². The van der Waals surface area contributed by atoms with Gasteiger partial charge in [-0.05, 0) is 43.2 Å². The zero-order valence-electron chi connectivity index (χ0n) is 13.2. The van der Waals surface area contributed by atoms with E-state index in [1.54, 1.807) is 4.68 Å². The minimum atomic E-state index is -0.182. The lowest BCUT2D eigenvalue weighted by Gasteiger charge is -2.14. The van der Waals surface area contributed by atoms with Crippen molar-refractivity contribution in [3.63, 3.8) is 0 Å². The Bertz CT molecular complexity index is 745. The normalized spacial score (nSPS) is 14.3. The van der Waals surface area contributed by atoms with Crippen LogP contribution in [0.2, 0.25) is 0 Å². The molecule has 1 fully saturated rings. The SMILES string of the molecule is CCCc1nn(CC2CC2)c(=O)c(-c2ccccc2C)c1O. The number of benzene rings is 1. The first-order valence-corrected chi connectivity index (χ1v) is 8.00. The van der Waals surface area contributed by atoms with E-state index in [1.165, 1.54) is 0 Å². The van der Waals surface area contributed by atoms with E-state index >= 15 is 0 Å². The van der Waals surface area contributed by atoms with Crippen LogP contribution in [0.3, 0.4) is 0 Å². The Morgan fingerprint density at radius 1 is 1.32 bits per heavy atom. The molecule has 3 rings (SSSR count). The van der Waals surface area contributed by atoms with Crippen LogP contribution in [0.15, 0.2) is 29.1 Å². The van der Waals surface area contributed by atoms with Crippen molar-refractivity contribution < 1.29 is 5.11 Å². The van der Waals surface area contributed by atoms with Gasteiger partial charge in [0, 0.05) is 6.54 Å². The van der Waals surface area contributed by atoms with Crippen LogP contribution in [0.1, 0.15) is 37.4 Å². The van der Waals surface area contributed by atoms with E-state index in [4.69, 9.17) is 0 Å². The van der Waals surface area contributed by atoms with Crippen molar-refractivity contribution in [3.05, 3.63) is 45.9 Å². The van der Waals surface area contributed by atoms with Crippen LogP contribution in [0.5, 0.6) is 5.75 Å². The fraction of sp³-hybridized carbons (Fsp3) is 0.444. The summed E-state index contributed by atoms with van der Waals surface area (Å²) in [6, 6.07) is 7.68. The van der Waals surface area contributed by atoms with Gasteiger partial charge >= 0.3 is 0 Å². The molecule has 0 atom stereocenters. The summed E-state index contributed by atoms with van der Waals surface area (Å²) in [7, 11) is 0. The van der Waals surface area contributed by atoms with E-state index in [-0.39, 0.29) is 11.3 Å². The number of hydrogen-bond acceptors (Lipinski definition) is 3. The first kappa shape index (κ1) is 14.8. The second kappa shape index (κ2) is 5.95. The summed E-state index contributed by atoms with van der Waals surface area (Å²) in [5.41, 5.74) is 2.63. The van der Waals surface area contributed by atoms with Crippen LogP contribution < -0.4 is 5.56 Å². The van der Waals surface area contributed by atoms with Gasteiger partial charge in [0.05, 0.1) is 5.56 Å². The molecule has 0 radical (unpaired) electrons. The summed E-state index contributed by atoms with van der Waals surface area (Å²) in [4.78, 5) is 12.8. The Kier molecular flexibility index (Phi) is 4.01. The lowest BCUT2D eigenvalue weighted by atomic mass is 10.00. The number of hydrogen-bond donors (Lipinski definition) is 1. The van der Waals surface area contributed by atoms with E-state index in [0.29, 0.717) is 30.1 Å². The molecular formula is C18H22N2O2. The van der Waals surface area contributed by atoms with E-state index in [1.807, 2.05) is 38.1 Å². The first-order chi connectivity index (χ1) is 10.6. The molecule has 0 aliphatic heterocycles. The Hall–Kier alpha value is -2.10. The van der Waals surface area contributed by atoms with Crippen LogP contribution in [-0.2, 0) is 13.0 Å². The molecule has 4 heteroatoms. The highest BCUT2D eigenvalue weighted by Crippen LogP contribution is 2.33. The summed E-state index contributed by atoms with van der Waals surface area (Å²) in [6.07, 6.45) is 3.89. The van der Waals surface area contributed by atoms with Gasteiger partial charge in [-0.2, -0.15) is 5.10 Å². The molecule has 1 aliphatic carbocycles. The molecule has 1 aliphatic rings. The molecule has 0 amide bonds. The number of aromatic nitrogens is 2. The predicted molar refractivity (Wildman–Crippen MR) is 87.1 cm³/mol. The van der Waals surface area contributed by atoms with Gasteiger partial charge in [-0.15, -0.1) is 0 Å². The molecule has 1 saturated carbocycles. The molecule has 1 aromatic carbocycles. The van der Waals surface area contributed by atoms with E-state index < -0.39 is 0 Å². The number of rotatable bonds is 5. The monoisotopic (exact) mass is 298 g/mol. The van der Waals surface area contributed by atoms with Gasteiger partial charge in [0.2, 0.25) is 0 Å². The lowest BCUT2D eigenvalue weighted by Crippen LogP contribution is -2.27. The van der Waals surface area contributed by atoms with Crippen molar-refractivity contribution in [3.8, 4) is 16.9 Å². The predicted octanol–water partition coefficient (Wildman–Crippen LogP) is 3.29. The van der Waals surface area contributed by atoms with Crippen molar-refractivity contribution in [2.45, 2.75) is 46.1 Å². The van der Waals surface area contributed by atoms with Crippen LogP contribution in [-0.4, -0.2) is 14.9 Å². The van der Waals surface area contributed by atoms with E-state index in [0.717, 1.165) is 30.4 Å². The third-order valence-corrected chi connectivity index (χ3v) is 4.23. The van der Waals surface area contributed by atoms with Gasteiger partial charge in [-0.25, -0.2) is 4.68 Å². The van der Waals surface area contributed by atoms with Gasteiger partial charge in [-0.3, -0.25) is 4.79 Å². The Balaban J connectivity index is 2.20. The van der Waals surface area contributed by atoms with Crippen LogP contribution in [0, 0.1) is 12.8 Å². The first-order valence-electron chi connectivity index (χ1n) is 8.00. The molecule has 4 nitrogen and oxygen atoms in total. The number of aryl methyl sites for hydroxylation is 2. The molecule has 1 aromatic heterocycles. The summed E-state index contributed by atoms with van der Waals surface area (Å²) in [5, 5.41) is 15.0. The largest absolute Gasteiger partial charge is 0.505 e. The topological polar surface area (TPSA) is 55.1 Å². The molecule has 116 valence electrons. The maximum atomic E-state index is 12.8. The molecule has 0 spiro atoms. The van der Waals surface area contributed by atoms with Crippen molar-refractivity contribution in [1.29, 1.82) is 0 Å². The van der Waals surface area contributed by atoms with E-state index in [9.17, 15) is 9.90 Å². The highest BCUT2D eigenvalue weighted by atomic mass is 16.3. The molecule has 2 aromatic rings. The molecule has 1 heterocycles. The van der Waals surface area contributed by atoms with E-state index in [2.05, 4.69) is 5.10 Å². The smallest absolute Gasteiger partial charge is 0.278 e. The van der Waals surface area contributed by atoms with Crippen LogP contribution in [0.4, 0.5) is 0 Å². The van der Waals surface area contributed by atoms with Crippen molar-refractivity contribution in [2.75, 3.05) is 0 Å². The Morgan fingerprint density at radius 2 is 2.05 bits per heavy atom. The average Bonchev–Trinajstić information content (AvgIpc) is 3.30. The molecule has 0 saturated heterocycles. The molecular weight excluding hydrogens is 276 g/mol. The summed E-state index contributed by atoms with van der Waals surface area (Å²) >= 11 is 0. The Labute approximate surface area is 130 Å². The standard InChI is InChI=1S/C18H22N2O2/c1-3-6-15-17(21)16(14-8-5-4-7-12(14)2)18(22)20(19-15)11-13-9-10-13/h4-5,7-8,13,21H,3,6,9-11H2,1-2H3. The van der Waals surface area contributed by atoms with Gasteiger partial charge in [0.15, 0.2) is 5.75 Å². The molecule has 0 unspecified atom stereocenters. The maximum absolute atomic E-state index is 12.8. The highest BCUT2D eigenvalue weighted by molar-refractivity contribution is 5.72. The minimum Gasteiger partial charge on any atom is -0.505 e. The minimum absolute atomic E-state index is 0.0493. The summed E-state index contributed by atoms with van der Waals surface area (Å²) in [5.74, 6) is 0.613. The Morgan fingerprint density at radius 3 is 2.68 bits per heavy atom. The molecule has 22 heavy (non-hydrogen) atoms. The highest BCUT2D eigenvalue weighted by Gasteiger charge is 2.25. The van der Waals surface area contributed by atoms with Gasteiger partial charge in [-0.1, -0.05) is 37.6 Å². The maximum Gasteiger partial charge on any atom is 0.278 e. The van der Waals surface area contributed by atoms with Crippen LogP contribution >= 0.6 is 0 Å². The molecule has 0 bridgehead atoms. The van der Waals surface area contributed by atoms with Crippen molar-refractivity contribution in [2.24, 2.45) is 5.92 Å². The van der Waals surface area contributed by atoms with Crippen LogP contribution in [0.25, 0.3) is 11.1 Å². The third kappa shape index (κ3) is 2.78. The fourth-order valence-electron chi connectivity index (χ4n) is 2.78.